The normalized spacial score (nSPS) is 13.9. The fraction of sp³-hybridized carbons (Fsp3) is 0.500. The van der Waals surface area contributed by atoms with Crippen LogP contribution in [0, 0.1) is 0 Å². The molecule has 0 radical (unpaired) electrons. The third kappa shape index (κ3) is 4.68. The Balaban J connectivity index is 2.53. The summed E-state index contributed by atoms with van der Waals surface area (Å²) in [5, 5.41) is 12.5. The Morgan fingerprint density at radius 3 is 2.89 bits per heavy atom. The monoisotopic (exact) mass is 254 g/mol. The number of hydrogen-bond donors (Lipinski definition) is 3. The van der Waals surface area contributed by atoms with Crippen LogP contribution in [0.3, 0.4) is 0 Å². The number of amides is 1. The molecular weight excluding hydrogens is 236 g/mol. The summed E-state index contributed by atoms with van der Waals surface area (Å²) in [4.78, 5) is 25.1. The number of nitrogens with one attached hydrogen (secondary N) is 2. The van der Waals surface area contributed by atoms with Gasteiger partial charge in [0.1, 0.15) is 5.69 Å². The van der Waals surface area contributed by atoms with Gasteiger partial charge in [-0.05, 0) is 13.0 Å². The molecule has 18 heavy (non-hydrogen) atoms. The molecule has 1 aromatic heterocycles. The summed E-state index contributed by atoms with van der Waals surface area (Å²) >= 11 is 0. The summed E-state index contributed by atoms with van der Waals surface area (Å²) < 4.78 is 4.86. The summed E-state index contributed by atoms with van der Waals surface area (Å²) in [5.41, 5.74) is -1.21. The van der Waals surface area contributed by atoms with Crippen LogP contribution in [0.25, 0.3) is 0 Å². The highest BCUT2D eigenvalue weighted by molar-refractivity contribution is 5.92. The van der Waals surface area contributed by atoms with Gasteiger partial charge in [0.2, 0.25) is 5.56 Å². The molecule has 1 amide bonds. The maximum absolute atomic E-state index is 11.7. The number of aromatic nitrogens is 1. The zero-order valence-corrected chi connectivity index (χ0v) is 10.5. The lowest BCUT2D eigenvalue weighted by Crippen LogP contribution is -2.41. The van der Waals surface area contributed by atoms with Gasteiger partial charge in [-0.15, -0.1) is 0 Å². The highest BCUT2D eigenvalue weighted by Gasteiger charge is 2.21. The van der Waals surface area contributed by atoms with Crippen LogP contribution in [-0.2, 0) is 4.74 Å². The maximum atomic E-state index is 11.7. The molecule has 0 saturated carbocycles. The van der Waals surface area contributed by atoms with Crippen molar-refractivity contribution in [2.24, 2.45) is 0 Å². The third-order valence-corrected chi connectivity index (χ3v) is 2.49. The van der Waals surface area contributed by atoms with Crippen molar-refractivity contribution < 1.29 is 14.6 Å². The molecule has 0 aliphatic heterocycles. The van der Waals surface area contributed by atoms with Crippen molar-refractivity contribution in [2.45, 2.75) is 18.9 Å². The molecule has 0 bridgehead atoms. The number of pyridine rings is 1. The van der Waals surface area contributed by atoms with Gasteiger partial charge in [-0.3, -0.25) is 9.59 Å². The van der Waals surface area contributed by atoms with E-state index in [0.29, 0.717) is 13.0 Å². The molecule has 0 aliphatic rings. The highest BCUT2D eigenvalue weighted by Crippen LogP contribution is 2.07. The summed E-state index contributed by atoms with van der Waals surface area (Å²) in [7, 11) is 1.55. The third-order valence-electron chi connectivity index (χ3n) is 2.49. The lowest BCUT2D eigenvalue weighted by Gasteiger charge is -2.23. The predicted octanol–water partition coefficient (Wildman–Crippen LogP) is -0.108. The van der Waals surface area contributed by atoms with E-state index >= 15 is 0 Å². The zero-order valence-electron chi connectivity index (χ0n) is 10.5. The smallest absolute Gasteiger partial charge is 0.267 e. The largest absolute Gasteiger partial charge is 0.388 e. The second-order valence-electron chi connectivity index (χ2n) is 4.35. The van der Waals surface area contributed by atoms with E-state index in [0.717, 1.165) is 0 Å². The van der Waals surface area contributed by atoms with E-state index < -0.39 is 11.5 Å². The summed E-state index contributed by atoms with van der Waals surface area (Å²) in [6.45, 7) is 2.11. The van der Waals surface area contributed by atoms with Crippen LogP contribution in [0.2, 0.25) is 0 Å². The van der Waals surface area contributed by atoms with Crippen molar-refractivity contribution in [3.63, 3.8) is 0 Å². The Morgan fingerprint density at radius 1 is 1.56 bits per heavy atom. The minimum Gasteiger partial charge on any atom is -0.388 e. The lowest BCUT2D eigenvalue weighted by atomic mass is 10.0. The molecule has 6 heteroatoms. The van der Waals surface area contributed by atoms with Crippen molar-refractivity contribution in [1.29, 1.82) is 0 Å². The summed E-state index contributed by atoms with van der Waals surface area (Å²) in [6, 6.07) is 4.32. The van der Waals surface area contributed by atoms with E-state index in [9.17, 15) is 14.7 Å². The van der Waals surface area contributed by atoms with Crippen LogP contribution in [0.15, 0.2) is 23.0 Å². The number of aliphatic hydroxyl groups is 1. The summed E-state index contributed by atoms with van der Waals surface area (Å²) in [5.74, 6) is -0.426. The quantitative estimate of drug-likeness (QED) is 0.660. The molecule has 3 N–H and O–H groups in total. The molecule has 6 nitrogen and oxygen atoms in total. The van der Waals surface area contributed by atoms with Gasteiger partial charge in [-0.2, -0.15) is 0 Å². The molecule has 0 saturated heterocycles. The molecule has 1 heterocycles. The maximum Gasteiger partial charge on any atom is 0.267 e. The summed E-state index contributed by atoms with van der Waals surface area (Å²) in [6.07, 6.45) is 0.412. The van der Waals surface area contributed by atoms with Gasteiger partial charge in [0.25, 0.3) is 5.91 Å². The van der Waals surface area contributed by atoms with Gasteiger partial charge in [0.15, 0.2) is 0 Å². The van der Waals surface area contributed by atoms with Crippen LogP contribution < -0.4 is 10.9 Å². The van der Waals surface area contributed by atoms with Gasteiger partial charge < -0.3 is 20.1 Å². The van der Waals surface area contributed by atoms with Gasteiger partial charge in [0.05, 0.1) is 5.60 Å². The Bertz CT molecular complexity index is 453. The Kier molecular flexibility index (Phi) is 5.06. The van der Waals surface area contributed by atoms with Crippen molar-refractivity contribution in [1.82, 2.24) is 10.3 Å². The molecule has 0 aromatic carbocycles. The van der Waals surface area contributed by atoms with Crippen LogP contribution in [-0.4, -0.2) is 41.9 Å². The van der Waals surface area contributed by atoms with E-state index in [1.54, 1.807) is 14.0 Å². The van der Waals surface area contributed by atoms with Crippen molar-refractivity contribution >= 4 is 5.91 Å². The Hall–Kier alpha value is -1.66. The van der Waals surface area contributed by atoms with Crippen LogP contribution in [0.1, 0.15) is 23.8 Å². The number of H-pyrrole nitrogens is 1. The molecular formula is C12H18N2O4. The average Bonchev–Trinajstić information content (AvgIpc) is 2.34. The SMILES string of the molecule is COCCC(C)(O)CNC(=O)c1cccc(=O)[nH]1. The minimum atomic E-state index is -1.04. The number of ether oxygens (including phenoxy) is 1. The highest BCUT2D eigenvalue weighted by atomic mass is 16.5. The molecule has 1 unspecified atom stereocenters. The van der Waals surface area contributed by atoms with Gasteiger partial charge >= 0.3 is 0 Å². The fourth-order valence-corrected chi connectivity index (χ4v) is 1.36. The second kappa shape index (κ2) is 6.32. The molecule has 0 spiro atoms. The molecule has 100 valence electrons. The standard InChI is InChI=1S/C12H18N2O4/c1-12(17,6-7-18-2)8-13-11(16)9-4-3-5-10(15)14-9/h3-5,17H,6-8H2,1-2H3,(H,13,16)(H,14,15). The number of hydrogen-bond acceptors (Lipinski definition) is 4. The number of aromatic amines is 1. The number of methoxy groups -OCH3 is 1. The first kappa shape index (κ1) is 14.4. The van der Waals surface area contributed by atoms with E-state index in [1.807, 2.05) is 0 Å². The fourth-order valence-electron chi connectivity index (χ4n) is 1.36. The van der Waals surface area contributed by atoms with E-state index in [4.69, 9.17) is 4.74 Å². The first-order chi connectivity index (χ1) is 8.44. The Morgan fingerprint density at radius 2 is 2.28 bits per heavy atom. The van der Waals surface area contributed by atoms with E-state index in [1.165, 1.54) is 18.2 Å². The van der Waals surface area contributed by atoms with Crippen molar-refractivity contribution in [3.05, 3.63) is 34.2 Å². The van der Waals surface area contributed by atoms with Crippen LogP contribution in [0.4, 0.5) is 0 Å². The van der Waals surface area contributed by atoms with E-state index in [2.05, 4.69) is 10.3 Å². The van der Waals surface area contributed by atoms with Gasteiger partial charge in [-0.25, -0.2) is 0 Å². The first-order valence-electron chi connectivity index (χ1n) is 5.63. The van der Waals surface area contributed by atoms with Crippen molar-refractivity contribution in [3.8, 4) is 0 Å². The number of carbonyl (C=O) groups is 1. The molecule has 0 aliphatic carbocycles. The Labute approximate surface area is 105 Å². The molecule has 1 aromatic rings. The van der Waals surface area contributed by atoms with Crippen LogP contribution >= 0.6 is 0 Å². The minimum absolute atomic E-state index is 0.0894. The lowest BCUT2D eigenvalue weighted by molar-refractivity contribution is 0.0243. The second-order valence-corrected chi connectivity index (χ2v) is 4.35. The van der Waals surface area contributed by atoms with E-state index in [-0.39, 0.29) is 17.8 Å². The predicted molar refractivity (Wildman–Crippen MR) is 66.5 cm³/mol. The molecule has 0 fully saturated rings. The first-order valence-corrected chi connectivity index (χ1v) is 5.63. The molecule has 1 rings (SSSR count). The van der Waals surface area contributed by atoms with Crippen LogP contribution in [0.5, 0.6) is 0 Å². The zero-order chi connectivity index (χ0) is 13.6. The van der Waals surface area contributed by atoms with Gasteiger partial charge in [0, 0.05) is 32.7 Å². The number of carbonyl (C=O) groups excluding carboxylic acids is 1. The number of rotatable bonds is 6. The topological polar surface area (TPSA) is 91.4 Å². The van der Waals surface area contributed by atoms with Crippen molar-refractivity contribution in [2.75, 3.05) is 20.3 Å². The molecule has 1 atom stereocenters. The average molecular weight is 254 g/mol. The van der Waals surface area contributed by atoms with Gasteiger partial charge in [-0.1, -0.05) is 6.07 Å².